The van der Waals surface area contributed by atoms with E-state index < -0.39 is 23.5 Å². The standard InChI is InChI=1S/C10H11F3N2O/c1-5(2)14-10(16)15-6-3-7(11)9(13)8(12)4-6/h3-5H,1-2H3,(H2,14,15,16). The van der Waals surface area contributed by atoms with E-state index in [1.807, 2.05) is 0 Å². The van der Waals surface area contributed by atoms with Crippen molar-refractivity contribution < 1.29 is 18.0 Å². The Balaban J connectivity index is 2.79. The first kappa shape index (κ1) is 12.4. The minimum absolute atomic E-state index is 0.116. The van der Waals surface area contributed by atoms with E-state index in [1.165, 1.54) is 0 Å². The zero-order valence-corrected chi connectivity index (χ0v) is 8.77. The van der Waals surface area contributed by atoms with E-state index in [2.05, 4.69) is 10.6 Å². The van der Waals surface area contributed by atoms with Crippen molar-refractivity contribution in [3.05, 3.63) is 29.6 Å². The SMILES string of the molecule is CC(C)NC(=O)Nc1cc(F)c(F)c(F)c1. The van der Waals surface area contributed by atoms with Gasteiger partial charge in [-0.1, -0.05) is 0 Å². The van der Waals surface area contributed by atoms with E-state index in [1.54, 1.807) is 13.8 Å². The molecule has 0 spiro atoms. The third kappa shape index (κ3) is 3.15. The summed E-state index contributed by atoms with van der Waals surface area (Å²) >= 11 is 0. The number of carbonyl (C=O) groups excluding carboxylic acids is 1. The van der Waals surface area contributed by atoms with Crippen molar-refractivity contribution in [3.63, 3.8) is 0 Å². The number of halogens is 3. The van der Waals surface area contributed by atoms with Gasteiger partial charge in [-0.2, -0.15) is 0 Å². The third-order valence-electron chi connectivity index (χ3n) is 1.66. The molecule has 0 fully saturated rings. The van der Waals surface area contributed by atoms with Gasteiger partial charge in [-0.3, -0.25) is 0 Å². The second kappa shape index (κ2) is 4.87. The Hall–Kier alpha value is -1.72. The number of urea groups is 1. The van der Waals surface area contributed by atoms with Crippen LogP contribution in [-0.4, -0.2) is 12.1 Å². The minimum atomic E-state index is -1.56. The van der Waals surface area contributed by atoms with Gasteiger partial charge in [0.1, 0.15) is 0 Å². The third-order valence-corrected chi connectivity index (χ3v) is 1.66. The average molecular weight is 232 g/mol. The molecule has 3 nitrogen and oxygen atoms in total. The predicted molar refractivity (Wildman–Crippen MR) is 53.6 cm³/mol. The van der Waals surface area contributed by atoms with Gasteiger partial charge in [-0.25, -0.2) is 18.0 Å². The fourth-order valence-corrected chi connectivity index (χ4v) is 1.06. The van der Waals surface area contributed by atoms with Crippen LogP contribution in [0.3, 0.4) is 0 Å². The quantitative estimate of drug-likeness (QED) is 0.756. The lowest BCUT2D eigenvalue weighted by molar-refractivity contribution is 0.250. The number of hydrogen-bond acceptors (Lipinski definition) is 1. The summed E-state index contributed by atoms with van der Waals surface area (Å²) in [5, 5.41) is 4.64. The number of benzene rings is 1. The Kier molecular flexibility index (Phi) is 3.76. The molecule has 0 aromatic heterocycles. The summed E-state index contributed by atoms with van der Waals surface area (Å²) in [6, 6.07) is 0.687. The molecule has 88 valence electrons. The molecule has 16 heavy (non-hydrogen) atoms. The number of rotatable bonds is 2. The molecule has 2 N–H and O–H groups in total. The molecule has 0 saturated heterocycles. The average Bonchev–Trinajstić information content (AvgIpc) is 2.12. The maximum atomic E-state index is 12.8. The van der Waals surface area contributed by atoms with Crippen molar-refractivity contribution in [1.29, 1.82) is 0 Å². The van der Waals surface area contributed by atoms with Gasteiger partial charge in [0.2, 0.25) is 0 Å². The molecule has 0 unspecified atom stereocenters. The van der Waals surface area contributed by atoms with Gasteiger partial charge in [0, 0.05) is 23.9 Å². The number of anilines is 1. The van der Waals surface area contributed by atoms with E-state index in [0.29, 0.717) is 12.1 Å². The second-order valence-corrected chi connectivity index (χ2v) is 3.51. The lowest BCUT2D eigenvalue weighted by atomic mass is 10.3. The van der Waals surface area contributed by atoms with Gasteiger partial charge in [0.15, 0.2) is 17.5 Å². The van der Waals surface area contributed by atoms with Crippen LogP contribution >= 0.6 is 0 Å². The minimum Gasteiger partial charge on any atom is -0.336 e. The molecular weight excluding hydrogens is 221 g/mol. The second-order valence-electron chi connectivity index (χ2n) is 3.51. The molecule has 2 amide bonds. The van der Waals surface area contributed by atoms with Crippen LogP contribution in [0.15, 0.2) is 12.1 Å². The molecule has 0 atom stereocenters. The summed E-state index contributed by atoms with van der Waals surface area (Å²) in [5.41, 5.74) is -0.144. The normalized spacial score (nSPS) is 10.4. The highest BCUT2D eigenvalue weighted by molar-refractivity contribution is 5.89. The van der Waals surface area contributed by atoms with Gasteiger partial charge in [0.05, 0.1) is 0 Å². The highest BCUT2D eigenvalue weighted by atomic mass is 19.2. The van der Waals surface area contributed by atoms with E-state index >= 15 is 0 Å². The first-order valence-electron chi connectivity index (χ1n) is 4.62. The van der Waals surface area contributed by atoms with E-state index in [4.69, 9.17) is 0 Å². The highest BCUT2D eigenvalue weighted by Crippen LogP contribution is 2.17. The molecule has 0 saturated carbocycles. The van der Waals surface area contributed by atoms with Gasteiger partial charge in [0.25, 0.3) is 0 Å². The summed E-state index contributed by atoms with van der Waals surface area (Å²) < 4.78 is 38.1. The lowest BCUT2D eigenvalue weighted by Crippen LogP contribution is -2.34. The summed E-state index contributed by atoms with van der Waals surface area (Å²) in [6.07, 6.45) is 0. The fourth-order valence-electron chi connectivity index (χ4n) is 1.06. The van der Waals surface area contributed by atoms with E-state index in [9.17, 15) is 18.0 Å². The predicted octanol–water partition coefficient (Wildman–Crippen LogP) is 2.63. The summed E-state index contributed by atoms with van der Waals surface area (Å²) in [7, 11) is 0. The zero-order chi connectivity index (χ0) is 12.3. The van der Waals surface area contributed by atoms with Crippen LogP contribution in [0.4, 0.5) is 23.7 Å². The van der Waals surface area contributed by atoms with E-state index in [-0.39, 0.29) is 11.7 Å². The van der Waals surface area contributed by atoms with Crippen molar-refractivity contribution in [1.82, 2.24) is 5.32 Å². The number of amides is 2. The maximum absolute atomic E-state index is 12.8. The largest absolute Gasteiger partial charge is 0.336 e. The summed E-state index contributed by atoms with van der Waals surface area (Å²) in [5.74, 6) is -4.26. The molecule has 6 heteroatoms. The molecule has 1 aromatic rings. The Morgan fingerprint density at radius 2 is 1.69 bits per heavy atom. The van der Waals surface area contributed by atoms with Gasteiger partial charge in [-0.15, -0.1) is 0 Å². The number of nitrogens with one attached hydrogen (secondary N) is 2. The number of hydrogen-bond donors (Lipinski definition) is 2. The van der Waals surface area contributed by atoms with Crippen LogP contribution in [0.25, 0.3) is 0 Å². The van der Waals surface area contributed by atoms with Crippen molar-refractivity contribution in [2.24, 2.45) is 0 Å². The van der Waals surface area contributed by atoms with Crippen LogP contribution < -0.4 is 10.6 Å². The lowest BCUT2D eigenvalue weighted by Gasteiger charge is -2.10. The van der Waals surface area contributed by atoms with Crippen LogP contribution in [-0.2, 0) is 0 Å². The molecule has 0 aliphatic carbocycles. The van der Waals surface area contributed by atoms with Crippen LogP contribution in [0.1, 0.15) is 13.8 Å². The number of carbonyl (C=O) groups is 1. The molecule has 1 aromatic carbocycles. The van der Waals surface area contributed by atoms with Gasteiger partial charge in [-0.05, 0) is 13.8 Å². The molecule has 0 bridgehead atoms. The Labute approximate surface area is 90.6 Å². The van der Waals surface area contributed by atoms with Crippen LogP contribution in [0.2, 0.25) is 0 Å². The van der Waals surface area contributed by atoms with E-state index in [0.717, 1.165) is 0 Å². The van der Waals surface area contributed by atoms with Crippen molar-refractivity contribution in [3.8, 4) is 0 Å². The monoisotopic (exact) mass is 232 g/mol. The molecule has 0 aliphatic rings. The summed E-state index contributed by atoms with van der Waals surface area (Å²) in [4.78, 5) is 11.2. The van der Waals surface area contributed by atoms with Crippen LogP contribution in [0.5, 0.6) is 0 Å². The van der Waals surface area contributed by atoms with Crippen LogP contribution in [0, 0.1) is 17.5 Å². The Bertz CT molecular complexity index is 384. The molecule has 1 rings (SSSR count). The Morgan fingerprint density at radius 1 is 1.19 bits per heavy atom. The first-order chi connectivity index (χ1) is 7.40. The summed E-state index contributed by atoms with van der Waals surface area (Å²) in [6.45, 7) is 3.46. The molecular formula is C10H11F3N2O. The Morgan fingerprint density at radius 3 is 2.12 bits per heavy atom. The first-order valence-corrected chi connectivity index (χ1v) is 4.62. The maximum Gasteiger partial charge on any atom is 0.319 e. The zero-order valence-electron chi connectivity index (χ0n) is 8.77. The van der Waals surface area contributed by atoms with Gasteiger partial charge >= 0.3 is 6.03 Å². The smallest absolute Gasteiger partial charge is 0.319 e. The molecule has 0 heterocycles. The fraction of sp³-hybridized carbons (Fsp3) is 0.300. The molecule has 0 radical (unpaired) electrons. The van der Waals surface area contributed by atoms with Crippen molar-refractivity contribution >= 4 is 11.7 Å². The topological polar surface area (TPSA) is 41.1 Å². The van der Waals surface area contributed by atoms with Crippen molar-refractivity contribution in [2.75, 3.05) is 5.32 Å². The molecule has 0 aliphatic heterocycles. The van der Waals surface area contributed by atoms with Gasteiger partial charge < -0.3 is 10.6 Å². The van der Waals surface area contributed by atoms with Crippen molar-refractivity contribution in [2.45, 2.75) is 19.9 Å². The highest BCUT2D eigenvalue weighted by Gasteiger charge is 2.12.